The summed E-state index contributed by atoms with van der Waals surface area (Å²) in [6.07, 6.45) is -5.08. The molecule has 1 aliphatic heterocycles. The molecule has 1 aromatic heterocycles. The van der Waals surface area contributed by atoms with Crippen molar-refractivity contribution < 1.29 is 23.1 Å². The molecule has 1 fully saturated rings. The minimum atomic E-state index is -5.08. The van der Waals surface area contributed by atoms with E-state index in [4.69, 9.17) is 43.1 Å². The molecule has 0 unspecified atom stereocenters. The number of halogens is 5. The topological polar surface area (TPSA) is 81.6 Å². The van der Waals surface area contributed by atoms with E-state index in [9.17, 15) is 13.2 Å². The summed E-state index contributed by atoms with van der Waals surface area (Å²) in [4.78, 5) is 23.5. The van der Waals surface area contributed by atoms with Crippen molar-refractivity contribution >= 4 is 57.5 Å². The van der Waals surface area contributed by atoms with Crippen LogP contribution in [0.4, 0.5) is 30.5 Å². The van der Waals surface area contributed by atoms with Gasteiger partial charge in [-0.3, -0.25) is 4.90 Å². The highest BCUT2D eigenvalue weighted by molar-refractivity contribution is 6.33. The summed E-state index contributed by atoms with van der Waals surface area (Å²) < 4.78 is 31.7. The lowest BCUT2D eigenvalue weighted by molar-refractivity contribution is -0.192. The number of nitrogens with zero attached hydrogens (tertiary/aromatic N) is 4. The Balaban J connectivity index is 0.000000448. The van der Waals surface area contributed by atoms with Crippen molar-refractivity contribution in [3.05, 3.63) is 88.4 Å². The van der Waals surface area contributed by atoms with Crippen LogP contribution in [0.15, 0.2) is 72.8 Å². The Morgan fingerprint density at radius 3 is 2.10 bits per heavy atom. The second-order valence-corrected chi connectivity index (χ2v) is 9.52. The zero-order valence-electron chi connectivity index (χ0n) is 20.5. The van der Waals surface area contributed by atoms with E-state index in [1.165, 1.54) is 0 Å². The van der Waals surface area contributed by atoms with Crippen molar-refractivity contribution in [1.82, 2.24) is 14.9 Å². The molecule has 2 heterocycles. The molecular formula is C27H24Cl2F3N5O2. The summed E-state index contributed by atoms with van der Waals surface area (Å²) in [6.45, 7) is 4.30. The largest absolute Gasteiger partial charge is 0.490 e. The average molecular weight is 578 g/mol. The van der Waals surface area contributed by atoms with E-state index >= 15 is 0 Å². The Kier molecular flexibility index (Phi) is 9.11. The van der Waals surface area contributed by atoms with E-state index in [2.05, 4.69) is 15.1 Å². The fourth-order valence-corrected chi connectivity index (χ4v) is 4.35. The van der Waals surface area contributed by atoms with Crippen LogP contribution in [0.3, 0.4) is 0 Å². The number of hydrogen-bond acceptors (Lipinski definition) is 6. The molecule has 0 atom stereocenters. The molecule has 0 aliphatic carbocycles. The minimum Gasteiger partial charge on any atom is -0.475 e. The smallest absolute Gasteiger partial charge is 0.475 e. The maximum Gasteiger partial charge on any atom is 0.490 e. The molecule has 1 aliphatic rings. The first-order chi connectivity index (χ1) is 18.6. The number of rotatable bonds is 5. The average Bonchev–Trinajstić information content (AvgIpc) is 2.91. The van der Waals surface area contributed by atoms with E-state index in [-0.39, 0.29) is 0 Å². The predicted molar refractivity (Wildman–Crippen MR) is 147 cm³/mol. The van der Waals surface area contributed by atoms with E-state index in [0.717, 1.165) is 71.7 Å². The SMILES string of the molecule is Clc1ccc(Cl)c(CN2CCN(c3nc4ccccc4nc3Nc3ccccc3)CC2)c1.O=C(O)C(F)(F)F. The number of para-hydroxylation sites is 3. The third kappa shape index (κ3) is 7.72. The number of benzene rings is 3. The summed E-state index contributed by atoms with van der Waals surface area (Å²) in [7, 11) is 0. The number of hydrogen-bond donors (Lipinski definition) is 2. The lowest BCUT2D eigenvalue weighted by atomic mass is 10.2. The molecule has 4 aromatic rings. The molecule has 7 nitrogen and oxygen atoms in total. The molecule has 12 heteroatoms. The van der Waals surface area contributed by atoms with E-state index in [1.807, 2.05) is 72.8 Å². The first kappa shape index (κ1) is 28.4. The molecule has 0 amide bonds. The highest BCUT2D eigenvalue weighted by Crippen LogP contribution is 2.29. The molecule has 3 aromatic carbocycles. The standard InChI is InChI=1S/C25H23Cl2N5.C2HF3O2/c26-19-10-11-21(27)18(16-19)17-31-12-14-32(15-13-31)25-24(28-20-6-2-1-3-7-20)29-22-8-4-5-9-23(22)30-25;3-2(4,5)1(6)7/h1-11,16H,12-15,17H2,(H,28,29);(H,6,7). The molecule has 2 N–H and O–H groups in total. The van der Waals surface area contributed by atoms with Crippen LogP contribution < -0.4 is 10.2 Å². The Morgan fingerprint density at radius 1 is 0.897 bits per heavy atom. The summed E-state index contributed by atoms with van der Waals surface area (Å²) in [6, 6.07) is 23.7. The quantitative estimate of drug-likeness (QED) is 0.275. The molecule has 0 saturated carbocycles. The number of carboxylic acids is 1. The number of nitrogens with one attached hydrogen (secondary N) is 1. The van der Waals surface area contributed by atoms with Crippen molar-refractivity contribution in [2.45, 2.75) is 12.7 Å². The van der Waals surface area contributed by atoms with Crippen LogP contribution in [0.5, 0.6) is 0 Å². The lowest BCUT2D eigenvalue weighted by Gasteiger charge is -2.36. The molecular weight excluding hydrogens is 554 g/mol. The van der Waals surface area contributed by atoms with Crippen LogP contribution in [0.25, 0.3) is 11.0 Å². The van der Waals surface area contributed by atoms with Gasteiger partial charge in [-0.1, -0.05) is 53.5 Å². The second kappa shape index (κ2) is 12.5. The fourth-order valence-electron chi connectivity index (χ4n) is 3.98. The second-order valence-electron chi connectivity index (χ2n) is 8.68. The number of fused-ring (bicyclic) bond motifs is 1. The predicted octanol–water partition coefficient (Wildman–Crippen LogP) is 6.64. The van der Waals surface area contributed by atoms with Crippen molar-refractivity contribution in [3.63, 3.8) is 0 Å². The van der Waals surface area contributed by atoms with Crippen molar-refractivity contribution in [2.24, 2.45) is 0 Å². The van der Waals surface area contributed by atoms with Gasteiger partial charge in [0.25, 0.3) is 0 Å². The number of carbonyl (C=O) groups is 1. The minimum absolute atomic E-state index is 0.714. The summed E-state index contributed by atoms with van der Waals surface area (Å²) in [5.74, 6) is -1.10. The van der Waals surface area contributed by atoms with Crippen molar-refractivity contribution in [2.75, 3.05) is 36.4 Å². The molecule has 204 valence electrons. The Bertz CT molecular complexity index is 1430. The van der Waals surface area contributed by atoms with Gasteiger partial charge in [0.1, 0.15) is 0 Å². The van der Waals surface area contributed by atoms with Crippen LogP contribution in [0.2, 0.25) is 10.0 Å². The van der Waals surface area contributed by atoms with Gasteiger partial charge in [0, 0.05) is 48.5 Å². The first-order valence-corrected chi connectivity index (χ1v) is 12.7. The highest BCUT2D eigenvalue weighted by atomic mass is 35.5. The summed E-state index contributed by atoms with van der Waals surface area (Å²) in [5, 5.41) is 12.1. The molecule has 0 spiro atoms. The van der Waals surface area contributed by atoms with Crippen molar-refractivity contribution in [1.29, 1.82) is 0 Å². The third-order valence-corrected chi connectivity index (χ3v) is 6.51. The van der Waals surface area contributed by atoms with E-state index in [0.29, 0.717) is 5.02 Å². The Morgan fingerprint density at radius 2 is 1.49 bits per heavy atom. The third-order valence-electron chi connectivity index (χ3n) is 5.90. The molecule has 0 bridgehead atoms. The first-order valence-electron chi connectivity index (χ1n) is 11.9. The van der Waals surface area contributed by atoms with Crippen molar-refractivity contribution in [3.8, 4) is 0 Å². The molecule has 39 heavy (non-hydrogen) atoms. The molecule has 1 saturated heterocycles. The number of anilines is 3. The van der Waals surface area contributed by atoms with Gasteiger partial charge in [0.2, 0.25) is 0 Å². The van der Waals surface area contributed by atoms with Gasteiger partial charge in [-0.15, -0.1) is 0 Å². The monoisotopic (exact) mass is 577 g/mol. The van der Waals surface area contributed by atoms with Crippen LogP contribution in [-0.4, -0.2) is 58.3 Å². The highest BCUT2D eigenvalue weighted by Gasteiger charge is 2.38. The van der Waals surface area contributed by atoms with Crippen LogP contribution in [-0.2, 0) is 11.3 Å². The van der Waals surface area contributed by atoms with Gasteiger partial charge in [-0.2, -0.15) is 13.2 Å². The maximum absolute atomic E-state index is 10.6. The zero-order valence-corrected chi connectivity index (χ0v) is 22.0. The van der Waals surface area contributed by atoms with E-state index in [1.54, 1.807) is 0 Å². The van der Waals surface area contributed by atoms with E-state index < -0.39 is 12.1 Å². The Hall–Kier alpha value is -3.60. The Labute approximate surface area is 232 Å². The van der Waals surface area contributed by atoms with Crippen LogP contribution in [0.1, 0.15) is 5.56 Å². The van der Waals surface area contributed by atoms with Gasteiger partial charge in [0.15, 0.2) is 11.6 Å². The number of alkyl halides is 3. The van der Waals surface area contributed by atoms with Gasteiger partial charge >= 0.3 is 12.1 Å². The van der Waals surface area contributed by atoms with Gasteiger partial charge in [-0.25, -0.2) is 14.8 Å². The number of carboxylic acid groups (broad SMARTS) is 1. The van der Waals surface area contributed by atoms with Crippen LogP contribution >= 0.6 is 23.2 Å². The molecule has 5 rings (SSSR count). The maximum atomic E-state index is 10.6. The zero-order chi connectivity index (χ0) is 28.0. The number of piperazine rings is 1. The van der Waals surface area contributed by atoms with Gasteiger partial charge in [0.05, 0.1) is 11.0 Å². The molecule has 0 radical (unpaired) electrons. The normalized spacial score (nSPS) is 14.0. The van der Waals surface area contributed by atoms with Gasteiger partial charge < -0.3 is 15.3 Å². The lowest BCUT2D eigenvalue weighted by Crippen LogP contribution is -2.46. The summed E-state index contributed by atoms with van der Waals surface area (Å²) >= 11 is 12.5. The number of aliphatic carboxylic acids is 1. The van der Waals surface area contributed by atoms with Gasteiger partial charge in [-0.05, 0) is 48.0 Å². The van der Waals surface area contributed by atoms with Crippen LogP contribution in [0, 0.1) is 0 Å². The fraction of sp³-hybridized carbons (Fsp3) is 0.222. The number of aromatic nitrogens is 2. The summed E-state index contributed by atoms with van der Waals surface area (Å²) in [5.41, 5.74) is 3.83.